The molecule has 9 heteroatoms. The number of para-hydroxylation sites is 2. The van der Waals surface area contributed by atoms with Crippen LogP contribution in [0.1, 0.15) is 34.9 Å². The van der Waals surface area contributed by atoms with Gasteiger partial charge in [0, 0.05) is 28.9 Å². The number of nitrogens with zero attached hydrogens (tertiary/aromatic N) is 5. The van der Waals surface area contributed by atoms with E-state index in [9.17, 15) is 5.11 Å². The van der Waals surface area contributed by atoms with Crippen LogP contribution in [0.15, 0.2) is 66.7 Å². The second-order valence-corrected chi connectivity index (χ2v) is 11.3. The largest absolute Gasteiger partial charge is 0.479 e. The highest BCUT2D eigenvalue weighted by atomic mass is 16.5. The number of aromatic nitrogens is 5. The Morgan fingerprint density at radius 3 is 2.82 bits per heavy atom. The van der Waals surface area contributed by atoms with Crippen LogP contribution < -0.4 is 9.47 Å². The Bertz CT molecular complexity index is 1800. The summed E-state index contributed by atoms with van der Waals surface area (Å²) < 4.78 is 14.9. The van der Waals surface area contributed by atoms with Crippen molar-refractivity contribution in [2.45, 2.75) is 42.4 Å². The molecule has 2 aliphatic carbocycles. The van der Waals surface area contributed by atoms with Gasteiger partial charge in [0.05, 0.1) is 22.4 Å². The number of fused-ring (bicyclic) bond motifs is 4. The molecule has 3 aromatic carbocycles. The van der Waals surface area contributed by atoms with Crippen molar-refractivity contribution >= 4 is 10.9 Å². The average Bonchev–Trinajstić information content (AvgIpc) is 3.65. The predicted molar refractivity (Wildman–Crippen MR) is 142 cm³/mol. The van der Waals surface area contributed by atoms with Gasteiger partial charge in [-0.3, -0.25) is 0 Å². The van der Waals surface area contributed by atoms with E-state index in [1.165, 1.54) is 5.56 Å². The molecule has 9 rings (SSSR count). The van der Waals surface area contributed by atoms with Gasteiger partial charge in [0.1, 0.15) is 0 Å². The first kappa shape index (κ1) is 21.7. The summed E-state index contributed by atoms with van der Waals surface area (Å²) >= 11 is 0. The van der Waals surface area contributed by atoms with Crippen LogP contribution in [-0.4, -0.2) is 60.4 Å². The first-order chi connectivity index (χ1) is 19.1. The number of aromatic amines is 1. The molecule has 1 fully saturated rings. The van der Waals surface area contributed by atoms with Crippen LogP contribution in [0.2, 0.25) is 0 Å². The maximum absolute atomic E-state index is 12.8. The molecule has 194 valence electrons. The predicted octanol–water partition coefficient (Wildman–Crippen LogP) is 3.85. The summed E-state index contributed by atoms with van der Waals surface area (Å²) in [6.07, 6.45) is 1.78. The van der Waals surface area contributed by atoms with Crippen LogP contribution in [0.25, 0.3) is 16.6 Å². The van der Waals surface area contributed by atoms with E-state index in [4.69, 9.17) is 9.47 Å². The first-order valence-electron chi connectivity index (χ1n) is 13.5. The zero-order valence-corrected chi connectivity index (χ0v) is 21.3. The number of aliphatic hydroxyl groups is 1. The molecular weight excluding hydrogens is 492 g/mol. The molecule has 9 nitrogen and oxygen atoms in total. The molecule has 4 atom stereocenters. The Kier molecular flexibility index (Phi) is 4.03. The lowest BCUT2D eigenvalue weighted by molar-refractivity contribution is -0.167. The fourth-order valence-electron chi connectivity index (χ4n) is 7.99. The summed E-state index contributed by atoms with van der Waals surface area (Å²) in [7, 11) is 2.14. The lowest BCUT2D eigenvalue weighted by Gasteiger charge is -2.62. The van der Waals surface area contributed by atoms with Gasteiger partial charge in [0.25, 0.3) is 0 Å². The Labute approximate surface area is 224 Å². The minimum absolute atomic E-state index is 0.00485. The molecule has 0 saturated carbocycles. The van der Waals surface area contributed by atoms with E-state index < -0.39 is 11.0 Å². The number of nitrogens with one attached hydrogen (secondary N) is 1. The Hall–Kier alpha value is -4.21. The van der Waals surface area contributed by atoms with Gasteiger partial charge in [0.2, 0.25) is 0 Å². The molecule has 4 unspecified atom stereocenters. The van der Waals surface area contributed by atoms with Crippen LogP contribution in [0.5, 0.6) is 17.5 Å². The number of hydrogen-bond acceptors (Lipinski definition) is 7. The van der Waals surface area contributed by atoms with Crippen molar-refractivity contribution in [1.82, 2.24) is 30.1 Å². The van der Waals surface area contributed by atoms with Crippen molar-refractivity contribution in [1.29, 1.82) is 0 Å². The molecule has 0 amide bonds. The molecule has 2 bridgehead atoms. The highest BCUT2D eigenvalue weighted by Gasteiger charge is 2.72. The summed E-state index contributed by atoms with van der Waals surface area (Å²) in [5.74, 6) is 1.25. The number of hydrogen-bond donors (Lipinski definition) is 2. The fourth-order valence-corrected chi connectivity index (χ4v) is 7.99. The zero-order valence-electron chi connectivity index (χ0n) is 21.3. The summed E-state index contributed by atoms with van der Waals surface area (Å²) in [6.45, 7) is 0.888. The zero-order chi connectivity index (χ0) is 25.9. The van der Waals surface area contributed by atoms with Gasteiger partial charge >= 0.3 is 6.01 Å². The van der Waals surface area contributed by atoms with Crippen molar-refractivity contribution in [3.05, 3.63) is 89.1 Å². The average molecular weight is 519 g/mol. The van der Waals surface area contributed by atoms with Gasteiger partial charge in [-0.1, -0.05) is 47.6 Å². The molecule has 2 N–H and O–H groups in total. The molecule has 1 spiro atoms. The van der Waals surface area contributed by atoms with Gasteiger partial charge in [-0.15, -0.1) is 0 Å². The number of ether oxygens (including phenoxy) is 2. The lowest BCUT2D eigenvalue weighted by atomic mass is 9.49. The molecule has 4 aliphatic rings. The summed E-state index contributed by atoms with van der Waals surface area (Å²) in [4.78, 5) is 6.02. The number of benzene rings is 3. The topological polar surface area (TPSA) is 101 Å². The third kappa shape index (κ3) is 2.55. The van der Waals surface area contributed by atoms with Crippen LogP contribution >= 0.6 is 0 Å². The molecule has 4 heterocycles. The Morgan fingerprint density at radius 2 is 1.92 bits per heavy atom. The fraction of sp³-hybridized carbons (Fsp3) is 0.300. The monoisotopic (exact) mass is 518 g/mol. The van der Waals surface area contributed by atoms with E-state index in [1.54, 1.807) is 4.68 Å². The summed E-state index contributed by atoms with van der Waals surface area (Å²) in [6, 6.07) is 22.3. The number of tetrazole rings is 1. The van der Waals surface area contributed by atoms with E-state index in [-0.39, 0.29) is 18.2 Å². The molecule has 2 aromatic heterocycles. The van der Waals surface area contributed by atoms with E-state index in [0.717, 1.165) is 52.8 Å². The second kappa shape index (κ2) is 7.25. The summed E-state index contributed by atoms with van der Waals surface area (Å²) in [5.41, 5.74) is 4.83. The number of H-pyrrole nitrogens is 1. The van der Waals surface area contributed by atoms with Crippen molar-refractivity contribution in [2.75, 3.05) is 13.6 Å². The minimum atomic E-state index is -0.981. The van der Waals surface area contributed by atoms with Gasteiger partial charge in [0.15, 0.2) is 17.6 Å². The van der Waals surface area contributed by atoms with Crippen molar-refractivity contribution < 1.29 is 14.6 Å². The van der Waals surface area contributed by atoms with Crippen LogP contribution in [0, 0.1) is 0 Å². The van der Waals surface area contributed by atoms with E-state index >= 15 is 0 Å². The standard InChI is InChI=1S/C30H26N6O3/c1-35-14-13-29-24-17-11-12-22(38-28-32-33-34-36(28)18-7-3-2-4-8-18)26(24)39-27(29)25-20(16-30(29,37)23(35)15-17)19-9-5-6-10-21(19)31-25/h2-12,23,27,31,37H,13-16H2,1H3. The normalized spacial score (nSPS) is 28.2. The molecule has 1 saturated heterocycles. The van der Waals surface area contributed by atoms with Gasteiger partial charge in [-0.05, 0) is 72.3 Å². The minimum Gasteiger partial charge on any atom is -0.479 e. The molecule has 2 aliphatic heterocycles. The molecule has 0 radical (unpaired) electrons. The highest BCUT2D eigenvalue weighted by molar-refractivity contribution is 5.86. The highest BCUT2D eigenvalue weighted by Crippen LogP contribution is 2.69. The third-order valence-corrected chi connectivity index (χ3v) is 9.66. The number of rotatable bonds is 3. The van der Waals surface area contributed by atoms with Gasteiger partial charge in [-0.25, -0.2) is 0 Å². The second-order valence-electron chi connectivity index (χ2n) is 11.3. The van der Waals surface area contributed by atoms with E-state index in [2.05, 4.69) is 56.7 Å². The number of piperidine rings is 1. The molecule has 39 heavy (non-hydrogen) atoms. The van der Waals surface area contributed by atoms with Gasteiger partial charge in [-0.2, -0.15) is 4.68 Å². The first-order valence-corrected chi connectivity index (χ1v) is 13.5. The van der Waals surface area contributed by atoms with Crippen LogP contribution in [0.4, 0.5) is 0 Å². The maximum atomic E-state index is 12.8. The molecule has 5 aromatic rings. The Morgan fingerprint density at radius 1 is 1.08 bits per heavy atom. The number of likely N-dealkylation sites (tertiary alicyclic amines) is 1. The van der Waals surface area contributed by atoms with E-state index in [0.29, 0.717) is 17.9 Å². The quantitative estimate of drug-likeness (QED) is 0.374. The van der Waals surface area contributed by atoms with Crippen molar-refractivity contribution in [3.8, 4) is 23.2 Å². The number of likely N-dealkylation sites (N-methyl/N-ethyl adjacent to an activating group) is 1. The maximum Gasteiger partial charge on any atom is 0.346 e. The van der Waals surface area contributed by atoms with Crippen molar-refractivity contribution in [2.24, 2.45) is 0 Å². The van der Waals surface area contributed by atoms with Crippen LogP contribution in [-0.2, 0) is 18.3 Å². The third-order valence-electron chi connectivity index (χ3n) is 9.66. The van der Waals surface area contributed by atoms with E-state index in [1.807, 2.05) is 42.5 Å². The Balaban J connectivity index is 1.25. The summed E-state index contributed by atoms with van der Waals surface area (Å²) in [5, 5.41) is 26.2. The van der Waals surface area contributed by atoms with Crippen LogP contribution in [0.3, 0.4) is 0 Å². The van der Waals surface area contributed by atoms with Crippen molar-refractivity contribution in [3.63, 3.8) is 0 Å². The van der Waals surface area contributed by atoms with Gasteiger partial charge < -0.3 is 24.5 Å². The lowest BCUT2D eigenvalue weighted by Crippen LogP contribution is -2.73. The SMILES string of the molecule is CN1CCC23c4c5ccc(Oc6nnnn6-c6ccccc6)c4OC2c2[nH]c4ccccc4c2CC3(O)C1C5. The molecular formula is C30H26N6O3. The smallest absolute Gasteiger partial charge is 0.346 e.